The van der Waals surface area contributed by atoms with Gasteiger partial charge >= 0.3 is 0 Å². The smallest absolute Gasteiger partial charge is 0.253 e. The lowest BCUT2D eigenvalue weighted by molar-refractivity contribution is 0.0931. The molecule has 1 N–H and O–H groups in total. The molecule has 134 valence electrons. The first-order chi connectivity index (χ1) is 12.5. The van der Waals surface area contributed by atoms with Gasteiger partial charge in [0, 0.05) is 17.6 Å². The lowest BCUT2D eigenvalue weighted by Crippen LogP contribution is -2.30. The summed E-state index contributed by atoms with van der Waals surface area (Å²) in [4.78, 5) is 17.3. The van der Waals surface area contributed by atoms with Gasteiger partial charge in [-0.25, -0.2) is 9.67 Å². The van der Waals surface area contributed by atoms with Crippen LogP contribution in [0, 0.1) is 12.8 Å². The minimum atomic E-state index is -0.0748. The Hall–Kier alpha value is -2.69. The Labute approximate surface area is 153 Å². The SMILES string of the molecule is Cc1ccc(C(NC(=O)c2cnc3c(cnn3C(C)C)c2)C2CC2)cc1. The number of fused-ring (bicyclic) bond motifs is 1. The molecule has 2 heterocycles. The van der Waals surface area contributed by atoms with Crippen molar-refractivity contribution in [2.45, 2.75) is 45.7 Å². The Morgan fingerprint density at radius 3 is 2.58 bits per heavy atom. The van der Waals surface area contributed by atoms with Crippen molar-refractivity contribution in [3.8, 4) is 0 Å². The molecule has 5 nitrogen and oxygen atoms in total. The first-order valence-corrected chi connectivity index (χ1v) is 9.23. The average Bonchev–Trinajstić information content (AvgIpc) is 3.38. The first-order valence-electron chi connectivity index (χ1n) is 9.23. The molecule has 0 saturated heterocycles. The third kappa shape index (κ3) is 3.21. The number of carbonyl (C=O) groups is 1. The highest BCUT2D eigenvalue weighted by Gasteiger charge is 2.33. The summed E-state index contributed by atoms with van der Waals surface area (Å²) in [5.74, 6) is 0.455. The van der Waals surface area contributed by atoms with Gasteiger partial charge in [0.2, 0.25) is 0 Å². The zero-order chi connectivity index (χ0) is 18.3. The molecule has 1 saturated carbocycles. The maximum absolute atomic E-state index is 12.8. The predicted molar refractivity (Wildman–Crippen MR) is 102 cm³/mol. The van der Waals surface area contributed by atoms with Crippen molar-refractivity contribution in [2.75, 3.05) is 0 Å². The minimum absolute atomic E-state index is 0.0668. The van der Waals surface area contributed by atoms with Crippen molar-refractivity contribution < 1.29 is 4.79 Å². The molecular weight excluding hydrogens is 324 g/mol. The molecule has 1 unspecified atom stereocenters. The number of pyridine rings is 1. The van der Waals surface area contributed by atoms with Crippen molar-refractivity contribution in [3.63, 3.8) is 0 Å². The molecule has 1 fully saturated rings. The van der Waals surface area contributed by atoms with Crippen LogP contribution in [0.3, 0.4) is 0 Å². The summed E-state index contributed by atoms with van der Waals surface area (Å²) in [6, 6.07) is 10.6. The van der Waals surface area contributed by atoms with E-state index in [4.69, 9.17) is 0 Å². The number of amides is 1. The normalized spacial score (nSPS) is 15.4. The molecule has 1 atom stereocenters. The van der Waals surface area contributed by atoms with Crippen molar-refractivity contribution in [1.82, 2.24) is 20.1 Å². The van der Waals surface area contributed by atoms with Gasteiger partial charge in [-0.1, -0.05) is 29.8 Å². The van der Waals surface area contributed by atoms with Crippen molar-refractivity contribution in [1.29, 1.82) is 0 Å². The molecule has 0 spiro atoms. The molecule has 2 aromatic heterocycles. The van der Waals surface area contributed by atoms with Crippen LogP contribution in [0.5, 0.6) is 0 Å². The van der Waals surface area contributed by atoms with Crippen molar-refractivity contribution >= 4 is 16.9 Å². The number of rotatable bonds is 5. The van der Waals surface area contributed by atoms with E-state index in [-0.39, 0.29) is 18.0 Å². The van der Waals surface area contributed by atoms with Crippen LogP contribution in [-0.4, -0.2) is 20.7 Å². The van der Waals surface area contributed by atoms with Crippen LogP contribution in [0.1, 0.15) is 60.3 Å². The second-order valence-corrected chi connectivity index (χ2v) is 7.52. The van der Waals surface area contributed by atoms with Gasteiger partial charge < -0.3 is 5.32 Å². The molecule has 0 radical (unpaired) electrons. The van der Waals surface area contributed by atoms with E-state index < -0.39 is 0 Å². The van der Waals surface area contributed by atoms with Gasteiger partial charge in [-0.05, 0) is 51.2 Å². The van der Waals surface area contributed by atoms with Gasteiger partial charge in [0.05, 0.1) is 17.8 Å². The van der Waals surface area contributed by atoms with Gasteiger partial charge in [0.25, 0.3) is 5.91 Å². The van der Waals surface area contributed by atoms with E-state index in [1.165, 1.54) is 11.1 Å². The number of aryl methyl sites for hydroxylation is 1. The van der Waals surface area contributed by atoms with Gasteiger partial charge in [-0.15, -0.1) is 0 Å². The number of carbonyl (C=O) groups excluding carboxylic acids is 1. The van der Waals surface area contributed by atoms with Crippen LogP contribution < -0.4 is 5.32 Å². The summed E-state index contributed by atoms with van der Waals surface area (Å²) in [5.41, 5.74) is 3.80. The molecule has 5 heteroatoms. The Balaban J connectivity index is 1.58. The molecular formula is C21H24N4O. The molecule has 0 aliphatic heterocycles. The maximum atomic E-state index is 12.8. The van der Waals surface area contributed by atoms with Gasteiger partial charge in [0.15, 0.2) is 5.65 Å². The molecule has 4 rings (SSSR count). The predicted octanol–water partition coefficient (Wildman–Crippen LogP) is 4.20. The van der Waals surface area contributed by atoms with Crippen LogP contribution in [-0.2, 0) is 0 Å². The van der Waals surface area contributed by atoms with Crippen LogP contribution in [0.25, 0.3) is 11.0 Å². The summed E-state index contributed by atoms with van der Waals surface area (Å²) in [6.45, 7) is 6.21. The third-order valence-electron chi connectivity index (χ3n) is 5.00. The van der Waals surface area contributed by atoms with E-state index >= 15 is 0 Å². The number of nitrogens with zero attached hydrogens (tertiary/aromatic N) is 3. The quantitative estimate of drug-likeness (QED) is 0.752. The zero-order valence-corrected chi connectivity index (χ0v) is 15.4. The highest BCUT2D eigenvalue weighted by Crippen LogP contribution is 2.41. The third-order valence-corrected chi connectivity index (χ3v) is 5.00. The number of hydrogen-bond donors (Lipinski definition) is 1. The number of hydrogen-bond acceptors (Lipinski definition) is 3. The van der Waals surface area contributed by atoms with E-state index in [0.29, 0.717) is 11.5 Å². The van der Waals surface area contributed by atoms with Crippen LogP contribution in [0.4, 0.5) is 0 Å². The average molecular weight is 348 g/mol. The largest absolute Gasteiger partial charge is 0.345 e. The Morgan fingerprint density at radius 1 is 1.19 bits per heavy atom. The van der Waals surface area contributed by atoms with E-state index in [2.05, 4.69) is 60.4 Å². The number of nitrogens with one attached hydrogen (secondary N) is 1. The highest BCUT2D eigenvalue weighted by atomic mass is 16.1. The standard InChI is InChI=1S/C21H24N4O/c1-13(2)25-20-17(12-23-25)10-18(11-22-20)21(26)24-19(16-8-9-16)15-6-4-14(3)5-7-15/h4-7,10-13,16,19H,8-9H2,1-3H3,(H,24,26). The fourth-order valence-corrected chi connectivity index (χ4v) is 3.34. The second-order valence-electron chi connectivity index (χ2n) is 7.52. The van der Waals surface area contributed by atoms with Crippen LogP contribution >= 0.6 is 0 Å². The molecule has 1 aromatic carbocycles. The molecule has 1 aliphatic rings. The summed E-state index contributed by atoms with van der Waals surface area (Å²) in [5, 5.41) is 8.49. The summed E-state index contributed by atoms with van der Waals surface area (Å²) < 4.78 is 1.87. The molecule has 3 aromatic rings. The monoisotopic (exact) mass is 348 g/mol. The van der Waals surface area contributed by atoms with Crippen molar-refractivity contribution in [2.24, 2.45) is 5.92 Å². The van der Waals surface area contributed by atoms with E-state index in [1.807, 2.05) is 10.7 Å². The second kappa shape index (κ2) is 6.56. The number of aromatic nitrogens is 3. The summed E-state index contributed by atoms with van der Waals surface area (Å²) >= 11 is 0. The van der Waals surface area contributed by atoms with E-state index in [0.717, 1.165) is 23.9 Å². The topological polar surface area (TPSA) is 59.8 Å². The van der Waals surface area contributed by atoms with Crippen LogP contribution in [0.2, 0.25) is 0 Å². The lowest BCUT2D eigenvalue weighted by Gasteiger charge is -2.19. The summed E-state index contributed by atoms with van der Waals surface area (Å²) in [6.07, 6.45) is 5.75. The van der Waals surface area contributed by atoms with Gasteiger partial charge in [0.1, 0.15) is 0 Å². The Kier molecular flexibility index (Phi) is 4.23. The van der Waals surface area contributed by atoms with Gasteiger partial charge in [-0.2, -0.15) is 5.10 Å². The van der Waals surface area contributed by atoms with E-state index in [1.54, 1.807) is 12.4 Å². The lowest BCUT2D eigenvalue weighted by atomic mass is 10.0. The molecule has 1 amide bonds. The van der Waals surface area contributed by atoms with Crippen LogP contribution in [0.15, 0.2) is 42.7 Å². The summed E-state index contributed by atoms with van der Waals surface area (Å²) in [7, 11) is 0. The van der Waals surface area contributed by atoms with Gasteiger partial charge in [-0.3, -0.25) is 4.79 Å². The van der Waals surface area contributed by atoms with E-state index in [9.17, 15) is 4.79 Å². The zero-order valence-electron chi connectivity index (χ0n) is 15.4. The number of benzene rings is 1. The maximum Gasteiger partial charge on any atom is 0.253 e. The Morgan fingerprint density at radius 2 is 1.92 bits per heavy atom. The fraction of sp³-hybridized carbons (Fsp3) is 0.381. The van der Waals surface area contributed by atoms with Crippen molar-refractivity contribution in [3.05, 3.63) is 59.4 Å². The highest BCUT2D eigenvalue weighted by molar-refractivity contribution is 5.97. The fourth-order valence-electron chi connectivity index (χ4n) is 3.34. The Bertz CT molecular complexity index is 938. The molecule has 0 bridgehead atoms. The minimum Gasteiger partial charge on any atom is -0.345 e. The molecule has 1 aliphatic carbocycles. The molecule has 26 heavy (non-hydrogen) atoms. The first kappa shape index (κ1) is 16.8.